The van der Waals surface area contributed by atoms with Gasteiger partial charge in [0.05, 0.1) is 16.5 Å². The van der Waals surface area contributed by atoms with Crippen molar-refractivity contribution in [1.29, 1.82) is 0 Å². The van der Waals surface area contributed by atoms with Crippen LogP contribution in [0.1, 0.15) is 10.4 Å². The molecule has 0 atom stereocenters. The molecule has 1 heterocycles. The number of aromatic carboxylic acids is 1. The Balaban J connectivity index is 2.18. The molecular formula is C24H22ClN2O5S+. The standard InChI is InChI=1S/C24H21ClN2O5S/c1-26(2)14-5-8-18-21(11-14)32-22-12-15(27(3)4)6-9-19(22)23(18)17-10-7-16(33(25,30)31)13-20(17)24(28)29/h5-13H,1-4H3/p+1. The predicted octanol–water partition coefficient (Wildman–Crippen LogP) is 3.93. The smallest absolute Gasteiger partial charge is 0.336 e. The Morgan fingerprint density at radius 3 is 2.30 bits per heavy atom. The third-order valence-corrected chi connectivity index (χ3v) is 6.85. The van der Waals surface area contributed by atoms with Gasteiger partial charge < -0.3 is 14.4 Å². The largest absolute Gasteiger partial charge is 0.478 e. The fourth-order valence-corrected chi connectivity index (χ4v) is 4.56. The van der Waals surface area contributed by atoms with Gasteiger partial charge in [-0.3, -0.25) is 0 Å². The Bertz CT molecular complexity index is 1570. The molecule has 2 aliphatic rings. The van der Waals surface area contributed by atoms with Crippen molar-refractivity contribution in [3.63, 3.8) is 0 Å². The van der Waals surface area contributed by atoms with E-state index in [-0.39, 0.29) is 10.5 Å². The molecule has 0 spiro atoms. The molecule has 0 radical (unpaired) electrons. The lowest BCUT2D eigenvalue weighted by Crippen LogP contribution is -2.21. The molecule has 1 aliphatic carbocycles. The summed E-state index contributed by atoms with van der Waals surface area (Å²) >= 11 is 0. The highest BCUT2D eigenvalue weighted by Gasteiger charge is 2.24. The Morgan fingerprint density at radius 2 is 1.70 bits per heavy atom. The van der Waals surface area contributed by atoms with Crippen LogP contribution in [-0.2, 0) is 9.05 Å². The third kappa shape index (κ3) is 4.19. The van der Waals surface area contributed by atoms with Gasteiger partial charge in [0.2, 0.25) is 5.36 Å². The highest BCUT2D eigenvalue weighted by atomic mass is 35.7. The zero-order chi connectivity index (χ0) is 24.1. The van der Waals surface area contributed by atoms with E-state index in [1.807, 2.05) is 74.1 Å². The topological polar surface area (TPSA) is 90.8 Å². The van der Waals surface area contributed by atoms with E-state index in [0.717, 1.165) is 17.1 Å². The predicted molar refractivity (Wildman–Crippen MR) is 130 cm³/mol. The molecule has 2 aromatic carbocycles. The van der Waals surface area contributed by atoms with E-state index in [9.17, 15) is 18.3 Å². The minimum atomic E-state index is -4.09. The van der Waals surface area contributed by atoms with E-state index in [0.29, 0.717) is 33.4 Å². The number of nitrogens with zero attached hydrogens (tertiary/aromatic N) is 2. The summed E-state index contributed by atoms with van der Waals surface area (Å²) in [5.74, 6) is -0.686. The van der Waals surface area contributed by atoms with Crippen LogP contribution < -0.4 is 14.8 Å². The molecule has 0 aromatic heterocycles. The van der Waals surface area contributed by atoms with Gasteiger partial charge in [-0.2, -0.15) is 0 Å². The van der Waals surface area contributed by atoms with Crippen LogP contribution in [0.25, 0.3) is 33.4 Å². The minimum Gasteiger partial charge on any atom is -0.478 e. The summed E-state index contributed by atoms with van der Waals surface area (Å²) in [6.45, 7) is 0. The van der Waals surface area contributed by atoms with E-state index in [1.54, 1.807) is 0 Å². The lowest BCUT2D eigenvalue weighted by Gasteiger charge is -2.19. The van der Waals surface area contributed by atoms with E-state index in [2.05, 4.69) is 0 Å². The maximum absolute atomic E-state index is 12.2. The van der Waals surface area contributed by atoms with Crippen molar-refractivity contribution in [1.82, 2.24) is 4.58 Å². The van der Waals surface area contributed by atoms with Crippen molar-refractivity contribution in [3.05, 3.63) is 65.5 Å². The number of rotatable bonds is 4. The first-order valence-electron chi connectivity index (χ1n) is 9.98. The number of anilines is 1. The van der Waals surface area contributed by atoms with Crippen LogP contribution in [0.15, 0.2) is 63.9 Å². The lowest BCUT2D eigenvalue weighted by molar-refractivity contribution is 0.0697. The number of fused-ring (bicyclic) bond motifs is 2. The molecule has 1 N–H and O–H groups in total. The number of hydrogen-bond donors (Lipinski definition) is 1. The van der Waals surface area contributed by atoms with Crippen LogP contribution in [0.2, 0.25) is 0 Å². The summed E-state index contributed by atoms with van der Waals surface area (Å²) in [7, 11) is 9.05. The summed E-state index contributed by atoms with van der Waals surface area (Å²) in [4.78, 5) is 13.8. The Hall–Kier alpha value is -3.36. The maximum Gasteiger partial charge on any atom is 0.336 e. The van der Waals surface area contributed by atoms with Crippen LogP contribution in [0, 0.1) is 0 Å². The van der Waals surface area contributed by atoms with Crippen LogP contribution in [0.5, 0.6) is 0 Å². The molecule has 0 unspecified atom stereocenters. The first kappa shape index (κ1) is 22.8. The number of carbonyl (C=O) groups is 1. The van der Waals surface area contributed by atoms with Crippen molar-refractivity contribution in [3.8, 4) is 22.5 Å². The molecule has 4 rings (SSSR count). The van der Waals surface area contributed by atoms with Crippen LogP contribution >= 0.6 is 10.7 Å². The number of hydrogen-bond acceptors (Lipinski definition) is 5. The van der Waals surface area contributed by atoms with Crippen molar-refractivity contribution in [2.75, 3.05) is 33.1 Å². The average molecular weight is 486 g/mol. The number of halogens is 1. The summed E-state index contributed by atoms with van der Waals surface area (Å²) in [5.41, 5.74) is 3.03. The second kappa shape index (κ2) is 8.20. The van der Waals surface area contributed by atoms with E-state index >= 15 is 0 Å². The van der Waals surface area contributed by atoms with Crippen molar-refractivity contribution in [2.45, 2.75) is 4.90 Å². The fourth-order valence-electron chi connectivity index (χ4n) is 3.78. The summed E-state index contributed by atoms with van der Waals surface area (Å²) in [6, 6.07) is 15.2. The molecular weight excluding hydrogens is 464 g/mol. The van der Waals surface area contributed by atoms with Crippen LogP contribution in [-0.4, -0.2) is 47.7 Å². The zero-order valence-corrected chi connectivity index (χ0v) is 20.0. The van der Waals surface area contributed by atoms with Gasteiger partial charge in [0, 0.05) is 59.1 Å². The van der Waals surface area contributed by atoms with Gasteiger partial charge in [0.15, 0.2) is 0 Å². The molecule has 1 aliphatic heterocycles. The number of carboxylic acid groups (broad SMARTS) is 1. The average Bonchev–Trinajstić information content (AvgIpc) is 2.75. The second-order valence-corrected chi connectivity index (χ2v) is 10.6. The molecule has 33 heavy (non-hydrogen) atoms. The number of benzene rings is 3. The third-order valence-electron chi connectivity index (χ3n) is 5.49. The molecule has 2 aromatic rings. The second-order valence-electron chi connectivity index (χ2n) is 8.08. The van der Waals surface area contributed by atoms with Gasteiger partial charge in [0.25, 0.3) is 9.05 Å². The molecule has 0 saturated heterocycles. The zero-order valence-electron chi connectivity index (χ0n) is 18.5. The Labute approximate surface area is 195 Å². The van der Waals surface area contributed by atoms with E-state index < -0.39 is 15.0 Å². The first-order chi connectivity index (χ1) is 15.5. The quantitative estimate of drug-likeness (QED) is 0.267. The van der Waals surface area contributed by atoms with Gasteiger partial charge >= 0.3 is 5.97 Å². The van der Waals surface area contributed by atoms with Gasteiger partial charge in [-0.25, -0.2) is 17.8 Å². The maximum atomic E-state index is 12.2. The van der Waals surface area contributed by atoms with Gasteiger partial charge in [-0.15, -0.1) is 0 Å². The highest BCUT2D eigenvalue weighted by molar-refractivity contribution is 8.13. The van der Waals surface area contributed by atoms with Crippen LogP contribution in [0.4, 0.5) is 5.69 Å². The van der Waals surface area contributed by atoms with E-state index in [1.165, 1.54) is 12.1 Å². The van der Waals surface area contributed by atoms with Gasteiger partial charge in [0.1, 0.15) is 25.4 Å². The SMILES string of the molecule is CN(C)c1ccc2c(-c3ccc(S(=O)(=O)Cl)cc3C(=O)O)c3ccc(=[N+](C)C)cc-3oc2c1. The normalized spacial score (nSPS) is 11.7. The highest BCUT2D eigenvalue weighted by Crippen LogP contribution is 2.42. The molecule has 0 amide bonds. The van der Waals surface area contributed by atoms with Gasteiger partial charge in [-0.05, 0) is 35.9 Å². The van der Waals surface area contributed by atoms with Crippen LogP contribution in [0.3, 0.4) is 0 Å². The molecule has 170 valence electrons. The molecule has 0 fully saturated rings. The first-order valence-corrected chi connectivity index (χ1v) is 12.3. The Morgan fingerprint density at radius 1 is 1.00 bits per heavy atom. The lowest BCUT2D eigenvalue weighted by atomic mass is 9.90. The van der Waals surface area contributed by atoms with Crippen molar-refractivity contribution >= 4 is 42.4 Å². The van der Waals surface area contributed by atoms with Crippen molar-refractivity contribution < 1.29 is 22.7 Å². The minimum absolute atomic E-state index is 0.168. The van der Waals surface area contributed by atoms with E-state index in [4.69, 9.17) is 15.1 Å². The molecule has 9 heteroatoms. The fraction of sp³-hybridized carbons (Fsp3) is 0.167. The summed E-state index contributed by atoms with van der Waals surface area (Å²) in [5, 5.41) is 11.5. The van der Waals surface area contributed by atoms with Crippen molar-refractivity contribution in [2.24, 2.45) is 0 Å². The number of carboxylic acids is 1. The molecule has 0 bridgehead atoms. The Kier molecular flexibility index (Phi) is 5.67. The molecule has 7 nitrogen and oxygen atoms in total. The summed E-state index contributed by atoms with van der Waals surface area (Å²) in [6.07, 6.45) is 0. The molecule has 0 saturated carbocycles. The summed E-state index contributed by atoms with van der Waals surface area (Å²) < 4.78 is 31.9. The van der Waals surface area contributed by atoms with Gasteiger partial charge in [-0.1, -0.05) is 6.07 Å². The monoisotopic (exact) mass is 485 g/mol.